The number of pyridine rings is 1. The van der Waals surface area contributed by atoms with Gasteiger partial charge in [-0.05, 0) is 6.07 Å². The van der Waals surface area contributed by atoms with Crippen LogP contribution in [0, 0.1) is 11.3 Å². The van der Waals surface area contributed by atoms with Crippen LogP contribution in [0.15, 0.2) is 72.9 Å². The average Bonchev–Trinajstić information content (AvgIpc) is 2.68. The van der Waals surface area contributed by atoms with E-state index in [0.717, 1.165) is 27.9 Å². The zero-order valence-corrected chi connectivity index (χ0v) is 12.7. The maximum absolute atomic E-state index is 9.33. The molecule has 0 N–H and O–H groups in total. The first-order chi connectivity index (χ1) is 11.9. The summed E-state index contributed by atoms with van der Waals surface area (Å²) in [7, 11) is 0. The van der Waals surface area contributed by atoms with Crippen LogP contribution in [0.4, 0.5) is 0 Å². The molecule has 0 aliphatic rings. The fourth-order valence-corrected chi connectivity index (χ4v) is 2.73. The van der Waals surface area contributed by atoms with E-state index in [0.29, 0.717) is 5.52 Å². The van der Waals surface area contributed by atoms with Crippen LogP contribution in [0.1, 0.15) is 5.82 Å². The third-order valence-electron chi connectivity index (χ3n) is 3.81. The Hall–Kier alpha value is -3.58. The predicted molar refractivity (Wildman–Crippen MR) is 92.9 cm³/mol. The van der Waals surface area contributed by atoms with Gasteiger partial charge in [-0.1, -0.05) is 60.7 Å². The van der Waals surface area contributed by atoms with Gasteiger partial charge in [0, 0.05) is 22.7 Å². The number of fused-ring (bicyclic) bond motifs is 1. The summed E-state index contributed by atoms with van der Waals surface area (Å²) in [6, 6.07) is 23.6. The molecule has 4 heteroatoms. The Morgan fingerprint density at radius 3 is 1.96 bits per heavy atom. The lowest BCUT2D eigenvalue weighted by molar-refractivity contribution is 1.15. The zero-order chi connectivity index (χ0) is 16.4. The molecule has 0 aliphatic carbocycles. The van der Waals surface area contributed by atoms with E-state index in [1.807, 2.05) is 66.7 Å². The second-order valence-electron chi connectivity index (χ2n) is 5.30. The van der Waals surface area contributed by atoms with Crippen molar-refractivity contribution in [3.05, 3.63) is 78.8 Å². The Kier molecular flexibility index (Phi) is 3.45. The smallest absolute Gasteiger partial charge is 0.233 e. The Labute approximate surface area is 139 Å². The van der Waals surface area contributed by atoms with E-state index < -0.39 is 0 Å². The van der Waals surface area contributed by atoms with Crippen molar-refractivity contribution in [1.82, 2.24) is 15.0 Å². The molecule has 2 heterocycles. The van der Waals surface area contributed by atoms with Crippen molar-refractivity contribution in [1.29, 1.82) is 5.26 Å². The molecular formula is C20H12N4. The molecule has 0 unspecified atom stereocenters. The quantitative estimate of drug-likeness (QED) is 0.556. The third-order valence-corrected chi connectivity index (χ3v) is 3.81. The zero-order valence-electron chi connectivity index (χ0n) is 12.7. The summed E-state index contributed by atoms with van der Waals surface area (Å²) in [6.45, 7) is 0. The first-order valence-corrected chi connectivity index (χ1v) is 7.54. The van der Waals surface area contributed by atoms with Gasteiger partial charge in [-0.3, -0.25) is 4.98 Å². The van der Waals surface area contributed by atoms with Crippen LogP contribution in [0.5, 0.6) is 0 Å². The Morgan fingerprint density at radius 1 is 0.708 bits per heavy atom. The van der Waals surface area contributed by atoms with Gasteiger partial charge in [-0.25, -0.2) is 9.97 Å². The number of hydrogen-bond donors (Lipinski definition) is 0. The standard InChI is InChI=1S/C20H12N4/c21-13-17-23-18(14-7-3-1-4-8-14)16-11-12-22-19(20(16)24-17)15-9-5-2-6-10-15/h1-12H. The molecule has 0 bridgehead atoms. The number of nitrogens with zero attached hydrogens (tertiary/aromatic N) is 4. The topological polar surface area (TPSA) is 62.5 Å². The minimum Gasteiger partial charge on any atom is -0.254 e. The molecule has 0 amide bonds. The molecule has 2 aromatic heterocycles. The molecule has 24 heavy (non-hydrogen) atoms. The van der Waals surface area contributed by atoms with Crippen LogP contribution >= 0.6 is 0 Å². The molecule has 4 rings (SSSR count). The highest BCUT2D eigenvalue weighted by Gasteiger charge is 2.14. The molecule has 0 saturated heterocycles. The maximum atomic E-state index is 9.33. The normalized spacial score (nSPS) is 10.5. The van der Waals surface area contributed by atoms with Crippen LogP contribution in [0.2, 0.25) is 0 Å². The third kappa shape index (κ3) is 2.38. The van der Waals surface area contributed by atoms with E-state index in [1.54, 1.807) is 6.20 Å². The van der Waals surface area contributed by atoms with Gasteiger partial charge in [0.05, 0.1) is 11.4 Å². The highest BCUT2D eigenvalue weighted by Crippen LogP contribution is 2.30. The summed E-state index contributed by atoms with van der Waals surface area (Å²) >= 11 is 0. The van der Waals surface area contributed by atoms with Gasteiger partial charge in [0.25, 0.3) is 0 Å². The molecule has 0 fully saturated rings. The second-order valence-corrected chi connectivity index (χ2v) is 5.30. The lowest BCUT2D eigenvalue weighted by atomic mass is 10.0. The number of benzene rings is 2. The van der Waals surface area contributed by atoms with Gasteiger partial charge in [-0.2, -0.15) is 5.26 Å². The van der Waals surface area contributed by atoms with Crippen molar-refractivity contribution in [2.45, 2.75) is 0 Å². The predicted octanol–water partition coefficient (Wildman–Crippen LogP) is 4.23. The van der Waals surface area contributed by atoms with Crippen LogP contribution < -0.4 is 0 Å². The van der Waals surface area contributed by atoms with Gasteiger partial charge in [0.15, 0.2) is 0 Å². The van der Waals surface area contributed by atoms with Crippen LogP contribution in [0.25, 0.3) is 33.4 Å². The van der Waals surface area contributed by atoms with Crippen molar-refractivity contribution in [2.24, 2.45) is 0 Å². The van der Waals surface area contributed by atoms with Crippen molar-refractivity contribution >= 4 is 10.9 Å². The van der Waals surface area contributed by atoms with Crippen LogP contribution in [0.3, 0.4) is 0 Å². The summed E-state index contributed by atoms with van der Waals surface area (Å²) in [5.41, 5.74) is 4.10. The highest BCUT2D eigenvalue weighted by atomic mass is 14.9. The van der Waals surface area contributed by atoms with Crippen molar-refractivity contribution in [3.63, 3.8) is 0 Å². The molecule has 0 aliphatic heterocycles. The van der Waals surface area contributed by atoms with E-state index in [2.05, 4.69) is 21.0 Å². The molecular weight excluding hydrogens is 296 g/mol. The SMILES string of the molecule is N#Cc1nc(-c2ccccc2)c2ccnc(-c3ccccc3)c2n1. The molecule has 2 aromatic carbocycles. The lowest BCUT2D eigenvalue weighted by Gasteiger charge is -2.09. The number of nitriles is 1. The van der Waals surface area contributed by atoms with Gasteiger partial charge >= 0.3 is 0 Å². The Morgan fingerprint density at radius 2 is 1.33 bits per heavy atom. The van der Waals surface area contributed by atoms with Crippen molar-refractivity contribution in [2.75, 3.05) is 0 Å². The maximum Gasteiger partial charge on any atom is 0.233 e. The summed E-state index contributed by atoms with van der Waals surface area (Å²) < 4.78 is 0. The summed E-state index contributed by atoms with van der Waals surface area (Å²) in [4.78, 5) is 13.3. The van der Waals surface area contributed by atoms with Crippen LogP contribution in [-0.4, -0.2) is 15.0 Å². The Balaban J connectivity index is 2.08. The fourth-order valence-electron chi connectivity index (χ4n) is 2.73. The molecule has 112 valence electrons. The number of rotatable bonds is 2. The van der Waals surface area contributed by atoms with E-state index in [4.69, 9.17) is 0 Å². The number of aromatic nitrogens is 3. The van der Waals surface area contributed by atoms with Gasteiger partial charge < -0.3 is 0 Å². The van der Waals surface area contributed by atoms with E-state index in [9.17, 15) is 5.26 Å². The van der Waals surface area contributed by atoms with Crippen molar-refractivity contribution < 1.29 is 0 Å². The summed E-state index contributed by atoms with van der Waals surface area (Å²) in [5, 5.41) is 10.2. The monoisotopic (exact) mass is 308 g/mol. The molecule has 0 atom stereocenters. The summed E-state index contributed by atoms with van der Waals surface area (Å²) in [6.07, 6.45) is 1.76. The molecule has 0 radical (unpaired) electrons. The molecule has 4 nitrogen and oxygen atoms in total. The van der Waals surface area contributed by atoms with Gasteiger partial charge in [0.2, 0.25) is 5.82 Å². The van der Waals surface area contributed by atoms with Gasteiger partial charge in [-0.15, -0.1) is 0 Å². The second kappa shape index (κ2) is 5.90. The number of hydrogen-bond acceptors (Lipinski definition) is 4. The highest BCUT2D eigenvalue weighted by molar-refractivity contribution is 5.99. The molecule has 0 spiro atoms. The average molecular weight is 308 g/mol. The molecule has 4 aromatic rings. The van der Waals surface area contributed by atoms with Crippen LogP contribution in [-0.2, 0) is 0 Å². The van der Waals surface area contributed by atoms with Crippen molar-refractivity contribution in [3.8, 4) is 28.6 Å². The first kappa shape index (κ1) is 14.0. The largest absolute Gasteiger partial charge is 0.254 e. The molecule has 0 saturated carbocycles. The first-order valence-electron chi connectivity index (χ1n) is 7.54. The van der Waals surface area contributed by atoms with E-state index in [-0.39, 0.29) is 5.82 Å². The summed E-state index contributed by atoms with van der Waals surface area (Å²) in [5.74, 6) is 0.145. The van der Waals surface area contributed by atoms with E-state index >= 15 is 0 Å². The Bertz CT molecular complexity index is 1050. The van der Waals surface area contributed by atoms with Gasteiger partial charge in [0.1, 0.15) is 11.6 Å². The lowest BCUT2D eigenvalue weighted by Crippen LogP contribution is -1.98. The minimum atomic E-state index is 0.145. The van der Waals surface area contributed by atoms with E-state index in [1.165, 1.54) is 0 Å². The minimum absolute atomic E-state index is 0.145. The fraction of sp³-hybridized carbons (Fsp3) is 0.